The quantitative estimate of drug-likeness (QED) is 0.429. The number of benzene rings is 1. The van der Waals surface area contributed by atoms with E-state index in [1.807, 2.05) is 31.2 Å². The van der Waals surface area contributed by atoms with E-state index >= 15 is 0 Å². The van der Waals surface area contributed by atoms with Crippen molar-refractivity contribution in [2.75, 3.05) is 28.4 Å². The molecule has 0 heterocycles. The lowest BCUT2D eigenvalue weighted by Crippen LogP contribution is -2.36. The smallest absolute Gasteiger partial charge is 0.324 e. The SMILES string of the molecule is C/C=C/CC1(c2cc(OC)cc(OC)c2)CC1(C(=O)OC)C(=O)OC. The van der Waals surface area contributed by atoms with Gasteiger partial charge in [-0.25, -0.2) is 0 Å². The van der Waals surface area contributed by atoms with Crippen LogP contribution in [0.1, 0.15) is 25.3 Å². The van der Waals surface area contributed by atoms with Crippen LogP contribution in [0.3, 0.4) is 0 Å². The van der Waals surface area contributed by atoms with Crippen LogP contribution >= 0.6 is 0 Å². The first kappa shape index (κ1) is 18.8. The van der Waals surface area contributed by atoms with Crippen molar-refractivity contribution >= 4 is 11.9 Å². The molecule has 1 aromatic rings. The molecule has 1 saturated carbocycles. The Hall–Kier alpha value is -2.50. The van der Waals surface area contributed by atoms with Gasteiger partial charge in [0.05, 0.1) is 28.4 Å². The Morgan fingerprint density at radius 2 is 1.52 bits per heavy atom. The minimum absolute atomic E-state index is 0.306. The fourth-order valence-corrected chi connectivity index (χ4v) is 3.49. The van der Waals surface area contributed by atoms with Gasteiger partial charge in [-0.2, -0.15) is 0 Å². The van der Waals surface area contributed by atoms with Crippen LogP contribution < -0.4 is 9.47 Å². The van der Waals surface area contributed by atoms with Crippen LogP contribution in [0, 0.1) is 5.41 Å². The molecule has 1 atom stereocenters. The third kappa shape index (κ3) is 2.86. The number of carbonyl (C=O) groups excluding carboxylic acids is 2. The van der Waals surface area contributed by atoms with E-state index in [0.29, 0.717) is 24.3 Å². The highest BCUT2D eigenvalue weighted by Crippen LogP contribution is 2.68. The third-order valence-corrected chi connectivity index (χ3v) is 4.93. The van der Waals surface area contributed by atoms with Crippen molar-refractivity contribution in [3.05, 3.63) is 35.9 Å². The van der Waals surface area contributed by atoms with E-state index in [1.165, 1.54) is 14.2 Å². The molecule has 6 nitrogen and oxygen atoms in total. The molecule has 136 valence electrons. The van der Waals surface area contributed by atoms with E-state index in [9.17, 15) is 9.59 Å². The zero-order valence-electron chi connectivity index (χ0n) is 15.3. The molecule has 0 aliphatic heterocycles. The molecule has 25 heavy (non-hydrogen) atoms. The summed E-state index contributed by atoms with van der Waals surface area (Å²) in [4.78, 5) is 25.1. The summed E-state index contributed by atoms with van der Waals surface area (Å²) >= 11 is 0. The number of hydrogen-bond acceptors (Lipinski definition) is 6. The molecule has 0 saturated heterocycles. The fourth-order valence-electron chi connectivity index (χ4n) is 3.49. The Balaban J connectivity index is 2.65. The summed E-state index contributed by atoms with van der Waals surface area (Å²) < 4.78 is 20.6. The Morgan fingerprint density at radius 3 is 1.92 bits per heavy atom. The normalized spacial score (nSPS) is 20.8. The minimum atomic E-state index is -1.37. The molecule has 2 rings (SSSR count). The van der Waals surface area contributed by atoms with Gasteiger partial charge >= 0.3 is 11.9 Å². The first-order valence-electron chi connectivity index (χ1n) is 7.97. The molecule has 0 amide bonds. The molecule has 0 radical (unpaired) electrons. The Morgan fingerprint density at radius 1 is 1.00 bits per heavy atom. The maximum Gasteiger partial charge on any atom is 0.324 e. The molecular weight excluding hydrogens is 324 g/mol. The van der Waals surface area contributed by atoms with Crippen LogP contribution in [-0.4, -0.2) is 40.4 Å². The summed E-state index contributed by atoms with van der Waals surface area (Å²) in [6.07, 6.45) is 4.61. The van der Waals surface area contributed by atoms with Crippen molar-refractivity contribution in [1.29, 1.82) is 0 Å². The molecule has 0 aromatic heterocycles. The van der Waals surface area contributed by atoms with Crippen molar-refractivity contribution in [2.24, 2.45) is 5.41 Å². The van der Waals surface area contributed by atoms with Crippen molar-refractivity contribution in [1.82, 2.24) is 0 Å². The minimum Gasteiger partial charge on any atom is -0.497 e. The standard InChI is InChI=1S/C19H24O6/c1-6-7-8-18(12-19(18,16(20)24-4)17(21)25-5)13-9-14(22-2)11-15(10-13)23-3/h6-7,9-11H,8,12H2,1-5H3/b7-6+. The van der Waals surface area contributed by atoms with Gasteiger partial charge in [0.2, 0.25) is 0 Å². The van der Waals surface area contributed by atoms with Crippen LogP contribution in [0.25, 0.3) is 0 Å². The Bertz CT molecular complexity index is 655. The zero-order chi connectivity index (χ0) is 18.7. The first-order valence-corrected chi connectivity index (χ1v) is 7.97. The number of carbonyl (C=O) groups is 2. The predicted molar refractivity (Wildman–Crippen MR) is 91.7 cm³/mol. The van der Waals surface area contributed by atoms with E-state index in [0.717, 1.165) is 5.56 Å². The summed E-state index contributed by atoms with van der Waals surface area (Å²) in [5.74, 6) is -0.00857. The van der Waals surface area contributed by atoms with Gasteiger partial charge in [0, 0.05) is 11.5 Å². The number of allylic oxidation sites excluding steroid dienone is 2. The van der Waals surface area contributed by atoms with E-state index in [2.05, 4.69) is 0 Å². The summed E-state index contributed by atoms with van der Waals surface area (Å²) in [7, 11) is 5.66. The fraction of sp³-hybridized carbons (Fsp3) is 0.474. The Labute approximate surface area is 147 Å². The van der Waals surface area contributed by atoms with Gasteiger partial charge in [-0.05, 0) is 37.5 Å². The van der Waals surface area contributed by atoms with E-state index in [-0.39, 0.29) is 0 Å². The summed E-state index contributed by atoms with van der Waals surface area (Å²) in [6.45, 7) is 1.89. The van der Waals surface area contributed by atoms with Gasteiger partial charge in [-0.15, -0.1) is 0 Å². The van der Waals surface area contributed by atoms with E-state index in [1.54, 1.807) is 20.3 Å². The average Bonchev–Trinajstić information content (AvgIpc) is 3.35. The van der Waals surface area contributed by atoms with Gasteiger partial charge in [-0.3, -0.25) is 9.59 Å². The molecule has 0 bridgehead atoms. The number of ether oxygens (including phenoxy) is 4. The van der Waals surface area contributed by atoms with Crippen molar-refractivity contribution in [2.45, 2.75) is 25.2 Å². The van der Waals surface area contributed by atoms with Crippen molar-refractivity contribution in [3.8, 4) is 11.5 Å². The van der Waals surface area contributed by atoms with Crippen LogP contribution in [0.2, 0.25) is 0 Å². The molecule has 1 unspecified atom stereocenters. The summed E-state index contributed by atoms with van der Waals surface area (Å²) in [5, 5.41) is 0. The summed E-state index contributed by atoms with van der Waals surface area (Å²) in [5.41, 5.74) is -1.35. The molecule has 1 aliphatic carbocycles. The second-order valence-electron chi connectivity index (χ2n) is 6.02. The number of hydrogen-bond donors (Lipinski definition) is 0. The summed E-state index contributed by atoms with van der Waals surface area (Å²) in [6, 6.07) is 5.38. The van der Waals surface area contributed by atoms with Gasteiger partial charge in [-0.1, -0.05) is 12.2 Å². The van der Waals surface area contributed by atoms with Crippen LogP contribution in [0.15, 0.2) is 30.4 Å². The molecule has 1 aromatic carbocycles. The van der Waals surface area contributed by atoms with Gasteiger partial charge in [0.15, 0.2) is 5.41 Å². The molecule has 1 aliphatic rings. The number of esters is 2. The molecule has 0 N–H and O–H groups in total. The third-order valence-electron chi connectivity index (χ3n) is 4.93. The number of rotatable bonds is 7. The highest BCUT2D eigenvalue weighted by atomic mass is 16.5. The van der Waals surface area contributed by atoms with E-state index in [4.69, 9.17) is 18.9 Å². The van der Waals surface area contributed by atoms with Crippen molar-refractivity contribution < 1.29 is 28.5 Å². The van der Waals surface area contributed by atoms with Gasteiger partial charge in [0.25, 0.3) is 0 Å². The van der Waals surface area contributed by atoms with Crippen molar-refractivity contribution in [3.63, 3.8) is 0 Å². The lowest BCUT2D eigenvalue weighted by atomic mass is 9.82. The second kappa shape index (κ2) is 7.17. The predicted octanol–water partition coefficient (Wildman–Crippen LogP) is 2.64. The number of methoxy groups -OCH3 is 4. The van der Waals surface area contributed by atoms with Crippen LogP contribution in [-0.2, 0) is 24.5 Å². The average molecular weight is 348 g/mol. The highest BCUT2D eigenvalue weighted by Gasteiger charge is 2.78. The lowest BCUT2D eigenvalue weighted by molar-refractivity contribution is -0.162. The lowest BCUT2D eigenvalue weighted by Gasteiger charge is -2.23. The molecule has 6 heteroatoms. The highest BCUT2D eigenvalue weighted by molar-refractivity contribution is 6.06. The van der Waals surface area contributed by atoms with E-state index < -0.39 is 22.8 Å². The zero-order valence-corrected chi connectivity index (χ0v) is 15.3. The monoisotopic (exact) mass is 348 g/mol. The van der Waals surface area contributed by atoms with Gasteiger partial charge in [0.1, 0.15) is 11.5 Å². The maximum absolute atomic E-state index is 12.5. The second-order valence-corrected chi connectivity index (χ2v) is 6.02. The topological polar surface area (TPSA) is 71.1 Å². The molecule has 1 fully saturated rings. The molecule has 0 spiro atoms. The largest absolute Gasteiger partial charge is 0.497 e. The van der Waals surface area contributed by atoms with Gasteiger partial charge < -0.3 is 18.9 Å². The first-order chi connectivity index (χ1) is 11.9. The Kier molecular flexibility index (Phi) is 5.40. The van der Waals surface area contributed by atoms with Crippen LogP contribution in [0.4, 0.5) is 0 Å². The van der Waals surface area contributed by atoms with Crippen LogP contribution in [0.5, 0.6) is 11.5 Å². The molecular formula is C19H24O6. The maximum atomic E-state index is 12.5.